The van der Waals surface area contributed by atoms with Crippen LogP contribution < -0.4 is 4.72 Å². The predicted octanol–water partition coefficient (Wildman–Crippen LogP) is 5.03. The third kappa shape index (κ3) is 4.98. The molecule has 4 rings (SSSR count). The number of hydrogen-bond donors (Lipinski definition) is 1. The number of thioether (sulfide) groups is 1. The van der Waals surface area contributed by atoms with Crippen LogP contribution in [-0.2, 0) is 10.0 Å². The second-order valence-electron chi connectivity index (χ2n) is 7.34. The molecule has 6 nitrogen and oxygen atoms in total. The number of rotatable bonds is 7. The minimum Gasteiger partial charge on any atom is -0.293 e. The Balaban J connectivity index is 1.59. The Hall–Kier alpha value is -3.23. The average Bonchev–Trinajstić information content (AvgIpc) is 2.79. The Morgan fingerprint density at radius 2 is 1.50 bits per heavy atom. The molecule has 1 aromatic heterocycles. The van der Waals surface area contributed by atoms with E-state index in [0.717, 1.165) is 28.3 Å². The van der Waals surface area contributed by atoms with E-state index in [2.05, 4.69) is 14.9 Å². The number of nitrogens with zero attached hydrogens (tertiary/aromatic N) is 2. The lowest BCUT2D eigenvalue weighted by atomic mass is 10.1. The topological polar surface area (TPSA) is 89.0 Å². The van der Waals surface area contributed by atoms with Gasteiger partial charge >= 0.3 is 0 Å². The zero-order chi connectivity index (χ0) is 22.7. The van der Waals surface area contributed by atoms with E-state index >= 15 is 0 Å². The number of carbonyl (C=O) groups is 1. The molecular formula is C24H21N3O3S2. The van der Waals surface area contributed by atoms with Gasteiger partial charge in [0.25, 0.3) is 0 Å². The molecule has 162 valence electrons. The molecule has 0 radical (unpaired) electrons. The Kier molecular flexibility index (Phi) is 6.25. The zero-order valence-electron chi connectivity index (χ0n) is 17.5. The lowest BCUT2D eigenvalue weighted by molar-refractivity contribution is 0.0994. The largest absolute Gasteiger partial charge is 0.293 e. The summed E-state index contributed by atoms with van der Waals surface area (Å²) in [4.78, 5) is 13.0. The summed E-state index contributed by atoms with van der Waals surface area (Å²) >= 11 is 1.36. The Bertz CT molecular complexity index is 1370. The van der Waals surface area contributed by atoms with E-state index in [-0.39, 0.29) is 5.78 Å². The molecular weight excluding hydrogens is 442 g/mol. The Morgan fingerprint density at radius 3 is 2.16 bits per heavy atom. The summed E-state index contributed by atoms with van der Waals surface area (Å²) < 4.78 is 25.1. The molecule has 1 atom stereocenters. The first-order valence-electron chi connectivity index (χ1n) is 9.91. The van der Waals surface area contributed by atoms with Crippen molar-refractivity contribution in [3.05, 3.63) is 84.4 Å². The lowest BCUT2D eigenvalue weighted by Crippen LogP contribution is -2.14. The van der Waals surface area contributed by atoms with E-state index in [4.69, 9.17) is 0 Å². The number of benzene rings is 3. The molecule has 0 aliphatic rings. The monoisotopic (exact) mass is 463 g/mol. The first-order chi connectivity index (χ1) is 15.3. The SMILES string of the molecule is C[C@@H](Sc1nnc(-c2ccccc2)c2ccccc12)C(=O)c1ccc(NS(C)(=O)=O)cc1. The number of sulfonamides is 1. The van der Waals surface area contributed by atoms with Crippen LogP contribution in [0, 0.1) is 0 Å². The van der Waals surface area contributed by atoms with Gasteiger partial charge in [-0.25, -0.2) is 8.42 Å². The number of nitrogens with one attached hydrogen (secondary N) is 1. The van der Waals surface area contributed by atoms with Gasteiger partial charge in [-0.15, -0.1) is 10.2 Å². The molecule has 0 saturated heterocycles. The fraction of sp³-hybridized carbons (Fsp3) is 0.125. The van der Waals surface area contributed by atoms with Gasteiger partial charge in [0.1, 0.15) is 10.7 Å². The second-order valence-corrected chi connectivity index (χ2v) is 10.4. The molecule has 0 amide bonds. The van der Waals surface area contributed by atoms with Gasteiger partial charge in [0.15, 0.2) is 5.78 Å². The van der Waals surface area contributed by atoms with Crippen molar-refractivity contribution in [3.63, 3.8) is 0 Å². The summed E-state index contributed by atoms with van der Waals surface area (Å²) in [5.74, 6) is -0.0704. The number of aromatic nitrogens is 2. The number of Topliss-reactive ketones (excluding diaryl/α,β-unsaturated/α-hetero) is 1. The number of anilines is 1. The van der Waals surface area contributed by atoms with Gasteiger partial charge in [-0.3, -0.25) is 9.52 Å². The quantitative estimate of drug-likeness (QED) is 0.305. The van der Waals surface area contributed by atoms with Crippen LogP contribution in [0.15, 0.2) is 83.9 Å². The van der Waals surface area contributed by atoms with Crippen molar-refractivity contribution in [1.82, 2.24) is 10.2 Å². The zero-order valence-corrected chi connectivity index (χ0v) is 19.2. The Morgan fingerprint density at radius 1 is 0.875 bits per heavy atom. The molecule has 0 bridgehead atoms. The fourth-order valence-corrected chi connectivity index (χ4v) is 4.88. The smallest absolute Gasteiger partial charge is 0.229 e. The number of hydrogen-bond acceptors (Lipinski definition) is 6. The van der Waals surface area contributed by atoms with Crippen LogP contribution in [0.1, 0.15) is 17.3 Å². The third-order valence-electron chi connectivity index (χ3n) is 4.83. The first-order valence-corrected chi connectivity index (χ1v) is 12.7. The average molecular weight is 464 g/mol. The number of carbonyl (C=O) groups excluding carboxylic acids is 1. The van der Waals surface area contributed by atoms with Crippen LogP contribution >= 0.6 is 11.8 Å². The molecule has 0 aliphatic carbocycles. The van der Waals surface area contributed by atoms with Gasteiger partial charge in [-0.1, -0.05) is 66.4 Å². The maximum absolute atomic E-state index is 13.0. The highest BCUT2D eigenvalue weighted by Gasteiger charge is 2.20. The van der Waals surface area contributed by atoms with Crippen molar-refractivity contribution in [3.8, 4) is 11.3 Å². The van der Waals surface area contributed by atoms with Gasteiger partial charge in [0, 0.05) is 27.6 Å². The third-order valence-corrected chi connectivity index (χ3v) is 6.53. The molecule has 4 aromatic rings. The van der Waals surface area contributed by atoms with Crippen molar-refractivity contribution in [2.45, 2.75) is 17.2 Å². The van der Waals surface area contributed by atoms with Crippen molar-refractivity contribution >= 4 is 44.0 Å². The summed E-state index contributed by atoms with van der Waals surface area (Å²) in [6, 6.07) is 24.2. The minimum atomic E-state index is -3.37. The van der Waals surface area contributed by atoms with Crippen molar-refractivity contribution in [2.75, 3.05) is 11.0 Å². The van der Waals surface area contributed by atoms with Crippen LogP contribution in [0.3, 0.4) is 0 Å². The van der Waals surface area contributed by atoms with Crippen molar-refractivity contribution in [2.24, 2.45) is 0 Å². The van der Waals surface area contributed by atoms with E-state index in [1.807, 2.05) is 61.5 Å². The van der Waals surface area contributed by atoms with Gasteiger partial charge in [0.05, 0.1) is 11.5 Å². The van der Waals surface area contributed by atoms with Gasteiger partial charge in [-0.2, -0.15) is 0 Å². The summed E-state index contributed by atoms with van der Waals surface area (Å²) in [6.45, 7) is 1.83. The molecule has 0 saturated carbocycles. The van der Waals surface area contributed by atoms with Crippen molar-refractivity contribution < 1.29 is 13.2 Å². The highest BCUT2D eigenvalue weighted by molar-refractivity contribution is 8.00. The van der Waals surface area contributed by atoms with Crippen LogP contribution in [0.25, 0.3) is 22.0 Å². The van der Waals surface area contributed by atoms with E-state index in [9.17, 15) is 13.2 Å². The highest BCUT2D eigenvalue weighted by Crippen LogP contribution is 2.34. The van der Waals surface area contributed by atoms with E-state index in [1.165, 1.54) is 11.8 Å². The van der Waals surface area contributed by atoms with Crippen molar-refractivity contribution in [1.29, 1.82) is 0 Å². The molecule has 0 fully saturated rings. The van der Waals surface area contributed by atoms with Crippen LogP contribution in [-0.4, -0.2) is 35.9 Å². The molecule has 1 heterocycles. The summed E-state index contributed by atoms with van der Waals surface area (Å²) in [5, 5.41) is 11.1. The second kappa shape index (κ2) is 9.10. The van der Waals surface area contributed by atoms with Crippen LogP contribution in [0.5, 0.6) is 0 Å². The van der Waals surface area contributed by atoms with Gasteiger partial charge in [-0.05, 0) is 31.2 Å². The predicted molar refractivity (Wildman–Crippen MR) is 130 cm³/mol. The first kappa shape index (κ1) is 22.0. The molecule has 0 spiro atoms. The maximum Gasteiger partial charge on any atom is 0.229 e. The van der Waals surface area contributed by atoms with Gasteiger partial charge in [0.2, 0.25) is 10.0 Å². The van der Waals surface area contributed by atoms with Crippen LogP contribution in [0.2, 0.25) is 0 Å². The highest BCUT2D eigenvalue weighted by atomic mass is 32.2. The van der Waals surface area contributed by atoms with E-state index in [1.54, 1.807) is 24.3 Å². The fourth-order valence-electron chi connectivity index (χ4n) is 3.35. The molecule has 3 aromatic carbocycles. The normalized spacial score (nSPS) is 12.4. The van der Waals surface area contributed by atoms with Crippen LogP contribution in [0.4, 0.5) is 5.69 Å². The molecule has 0 aliphatic heterocycles. The number of ketones is 1. The standard InChI is InChI=1S/C24H21N3O3S2/c1-16(23(28)18-12-14-19(15-13-18)27-32(2,29)30)31-24-21-11-7-6-10-20(21)22(25-26-24)17-8-4-3-5-9-17/h3-16,27H,1-2H3/t16-/m1/s1. The molecule has 1 N–H and O–H groups in total. The summed E-state index contributed by atoms with van der Waals surface area (Å²) in [7, 11) is -3.37. The lowest BCUT2D eigenvalue weighted by Gasteiger charge is -2.13. The number of fused-ring (bicyclic) bond motifs is 1. The summed E-state index contributed by atoms with van der Waals surface area (Å²) in [6.07, 6.45) is 1.08. The molecule has 32 heavy (non-hydrogen) atoms. The Labute approximate surface area is 191 Å². The van der Waals surface area contributed by atoms with Gasteiger partial charge < -0.3 is 0 Å². The maximum atomic E-state index is 13.0. The minimum absolute atomic E-state index is 0.0704. The molecule has 0 unspecified atom stereocenters. The summed E-state index contributed by atoms with van der Waals surface area (Å²) in [5.41, 5.74) is 2.71. The molecule has 8 heteroatoms. The van der Waals surface area contributed by atoms with E-state index in [0.29, 0.717) is 16.3 Å². The van der Waals surface area contributed by atoms with E-state index < -0.39 is 15.3 Å².